The van der Waals surface area contributed by atoms with E-state index in [9.17, 15) is 4.79 Å². The van der Waals surface area contributed by atoms with E-state index in [4.69, 9.17) is 10.4 Å². The number of aliphatic hydroxyl groups excluding tert-OH is 1. The Morgan fingerprint density at radius 3 is 2.90 bits per heavy atom. The molecule has 0 spiro atoms. The summed E-state index contributed by atoms with van der Waals surface area (Å²) in [4.78, 5) is 10.5. The molecule has 0 aliphatic rings. The monoisotopic (exact) mass is 142 g/mol. The minimum Gasteiger partial charge on any atom is -0.396 e. The third-order valence-electron chi connectivity index (χ3n) is 0.897. The lowest BCUT2D eigenvalue weighted by molar-refractivity contribution is -0.120. The van der Waals surface area contributed by atoms with Crippen molar-refractivity contribution in [3.63, 3.8) is 0 Å². The van der Waals surface area contributed by atoms with Gasteiger partial charge in [0.1, 0.15) is 6.42 Å². The van der Waals surface area contributed by atoms with E-state index in [1.54, 1.807) is 6.07 Å². The molecule has 4 heteroatoms. The summed E-state index contributed by atoms with van der Waals surface area (Å²) in [6, 6.07) is 1.72. The molecule has 4 nitrogen and oxygen atoms in total. The summed E-state index contributed by atoms with van der Waals surface area (Å²) in [6.45, 7) is 0.504. The summed E-state index contributed by atoms with van der Waals surface area (Å²) in [5.41, 5.74) is 0. The number of carbonyl (C=O) groups excluding carboxylic acids is 1. The van der Waals surface area contributed by atoms with Gasteiger partial charge in [-0.3, -0.25) is 4.79 Å². The first-order valence-electron chi connectivity index (χ1n) is 3.05. The minimum absolute atomic E-state index is 0.0623. The number of aliphatic hydroxyl groups is 1. The van der Waals surface area contributed by atoms with Gasteiger partial charge in [0.15, 0.2) is 0 Å². The molecule has 56 valence electrons. The van der Waals surface area contributed by atoms with Gasteiger partial charge in [-0.15, -0.1) is 0 Å². The predicted octanol–water partition coefficient (Wildman–Crippen LogP) is -0.601. The Morgan fingerprint density at radius 2 is 2.40 bits per heavy atom. The van der Waals surface area contributed by atoms with Crippen molar-refractivity contribution in [2.24, 2.45) is 0 Å². The van der Waals surface area contributed by atoms with E-state index in [1.165, 1.54) is 0 Å². The lowest BCUT2D eigenvalue weighted by atomic mass is 10.4. The molecule has 2 N–H and O–H groups in total. The van der Waals surface area contributed by atoms with Crippen LogP contribution in [0.3, 0.4) is 0 Å². The molecule has 0 aliphatic carbocycles. The predicted molar refractivity (Wildman–Crippen MR) is 34.9 cm³/mol. The quantitative estimate of drug-likeness (QED) is 0.515. The largest absolute Gasteiger partial charge is 0.396 e. The van der Waals surface area contributed by atoms with Crippen molar-refractivity contribution in [2.75, 3.05) is 13.2 Å². The Hall–Kier alpha value is -1.08. The smallest absolute Gasteiger partial charge is 0.234 e. The molecule has 0 rings (SSSR count). The standard InChI is InChI=1S/C6H10N2O2/c7-3-2-6(10)8-4-1-5-9/h9H,1-2,4-5H2,(H,8,10). The summed E-state index contributed by atoms with van der Waals surface area (Å²) in [7, 11) is 0. The minimum atomic E-state index is -0.282. The van der Waals surface area contributed by atoms with Crippen LogP contribution in [0.25, 0.3) is 0 Å². The molecule has 0 saturated carbocycles. The van der Waals surface area contributed by atoms with Gasteiger partial charge in [-0.2, -0.15) is 5.26 Å². The van der Waals surface area contributed by atoms with Crippen molar-refractivity contribution in [3.8, 4) is 6.07 Å². The Kier molecular flexibility index (Phi) is 5.39. The summed E-state index contributed by atoms with van der Waals surface area (Å²) < 4.78 is 0. The molecule has 0 atom stereocenters. The maximum atomic E-state index is 10.5. The molecule has 1 amide bonds. The molecule has 0 aromatic carbocycles. The van der Waals surface area contributed by atoms with E-state index in [1.807, 2.05) is 0 Å². The van der Waals surface area contributed by atoms with E-state index < -0.39 is 0 Å². The van der Waals surface area contributed by atoms with E-state index in [0.29, 0.717) is 13.0 Å². The summed E-state index contributed by atoms with van der Waals surface area (Å²) >= 11 is 0. The maximum Gasteiger partial charge on any atom is 0.234 e. The summed E-state index contributed by atoms with van der Waals surface area (Å²) in [5.74, 6) is -0.282. The number of hydrogen-bond acceptors (Lipinski definition) is 3. The van der Waals surface area contributed by atoms with Crippen LogP contribution in [0.2, 0.25) is 0 Å². The zero-order chi connectivity index (χ0) is 7.82. The number of rotatable bonds is 4. The third-order valence-corrected chi connectivity index (χ3v) is 0.897. The van der Waals surface area contributed by atoms with Gasteiger partial charge < -0.3 is 10.4 Å². The normalized spacial score (nSPS) is 8.40. The fourth-order valence-electron chi connectivity index (χ4n) is 0.441. The SMILES string of the molecule is N#CCC(=O)NCCCO. The van der Waals surface area contributed by atoms with Gasteiger partial charge in [0.05, 0.1) is 6.07 Å². The fraction of sp³-hybridized carbons (Fsp3) is 0.667. The Bertz CT molecular complexity index is 139. The second-order valence-electron chi connectivity index (χ2n) is 1.76. The molecule has 0 aliphatic heterocycles. The van der Waals surface area contributed by atoms with Crippen LogP contribution in [0.1, 0.15) is 12.8 Å². The average Bonchev–Trinajstić information content (AvgIpc) is 1.89. The number of carbonyl (C=O) groups is 1. The van der Waals surface area contributed by atoms with Crippen molar-refractivity contribution in [1.82, 2.24) is 5.32 Å². The molecule has 10 heavy (non-hydrogen) atoms. The molecule has 0 aromatic rings. The van der Waals surface area contributed by atoms with Crippen LogP contribution in [0, 0.1) is 11.3 Å². The van der Waals surface area contributed by atoms with Crippen molar-refractivity contribution in [3.05, 3.63) is 0 Å². The van der Waals surface area contributed by atoms with Crippen LogP contribution in [-0.4, -0.2) is 24.2 Å². The second kappa shape index (κ2) is 6.05. The molecule has 0 bridgehead atoms. The Morgan fingerprint density at radius 1 is 1.70 bits per heavy atom. The topological polar surface area (TPSA) is 73.1 Å². The van der Waals surface area contributed by atoms with Crippen LogP contribution in [0.15, 0.2) is 0 Å². The van der Waals surface area contributed by atoms with Gasteiger partial charge in [0.2, 0.25) is 5.91 Å². The van der Waals surface area contributed by atoms with Gasteiger partial charge in [-0.05, 0) is 6.42 Å². The highest BCUT2D eigenvalue weighted by atomic mass is 16.3. The van der Waals surface area contributed by atoms with E-state index in [-0.39, 0.29) is 18.9 Å². The number of nitrogens with zero attached hydrogens (tertiary/aromatic N) is 1. The van der Waals surface area contributed by atoms with Crippen LogP contribution >= 0.6 is 0 Å². The number of hydrogen-bond donors (Lipinski definition) is 2. The highest BCUT2D eigenvalue weighted by molar-refractivity contribution is 5.77. The first-order chi connectivity index (χ1) is 4.81. The van der Waals surface area contributed by atoms with Crippen LogP contribution in [0.5, 0.6) is 0 Å². The lowest BCUT2D eigenvalue weighted by Crippen LogP contribution is -2.24. The lowest BCUT2D eigenvalue weighted by Gasteiger charge is -1.98. The maximum absolute atomic E-state index is 10.5. The number of amides is 1. The Balaban J connectivity index is 3.15. The molecule has 0 radical (unpaired) electrons. The van der Waals surface area contributed by atoms with Crippen molar-refractivity contribution in [2.45, 2.75) is 12.8 Å². The van der Waals surface area contributed by atoms with Crippen molar-refractivity contribution in [1.29, 1.82) is 5.26 Å². The second-order valence-corrected chi connectivity index (χ2v) is 1.76. The molecule has 0 unspecified atom stereocenters. The zero-order valence-electron chi connectivity index (χ0n) is 5.63. The molecule has 0 saturated heterocycles. The van der Waals surface area contributed by atoms with Crippen LogP contribution in [0.4, 0.5) is 0 Å². The molecule has 0 aromatic heterocycles. The summed E-state index contributed by atoms with van der Waals surface area (Å²) in [5, 5.41) is 18.8. The average molecular weight is 142 g/mol. The van der Waals surface area contributed by atoms with Crippen LogP contribution in [-0.2, 0) is 4.79 Å². The van der Waals surface area contributed by atoms with Gasteiger partial charge in [-0.1, -0.05) is 0 Å². The Labute approximate surface area is 59.5 Å². The van der Waals surface area contributed by atoms with Crippen molar-refractivity contribution >= 4 is 5.91 Å². The fourth-order valence-corrected chi connectivity index (χ4v) is 0.441. The van der Waals surface area contributed by atoms with E-state index in [0.717, 1.165) is 0 Å². The highest BCUT2D eigenvalue weighted by Gasteiger charge is 1.95. The van der Waals surface area contributed by atoms with Crippen LogP contribution < -0.4 is 5.32 Å². The summed E-state index contributed by atoms with van der Waals surface area (Å²) in [6.07, 6.45) is 0.433. The van der Waals surface area contributed by atoms with Crippen molar-refractivity contribution < 1.29 is 9.90 Å². The highest BCUT2D eigenvalue weighted by Crippen LogP contribution is 1.76. The third kappa shape index (κ3) is 5.06. The van der Waals surface area contributed by atoms with Gasteiger partial charge >= 0.3 is 0 Å². The molecular weight excluding hydrogens is 132 g/mol. The first kappa shape index (κ1) is 8.92. The molecular formula is C6H10N2O2. The van der Waals surface area contributed by atoms with Gasteiger partial charge in [-0.25, -0.2) is 0 Å². The zero-order valence-corrected chi connectivity index (χ0v) is 5.63. The van der Waals surface area contributed by atoms with Gasteiger partial charge in [0, 0.05) is 13.2 Å². The number of nitrogens with one attached hydrogen (secondary N) is 1. The number of nitriles is 1. The van der Waals surface area contributed by atoms with Gasteiger partial charge in [0.25, 0.3) is 0 Å². The van der Waals surface area contributed by atoms with E-state index in [2.05, 4.69) is 5.32 Å². The molecule has 0 heterocycles. The molecule has 0 fully saturated rings. The first-order valence-corrected chi connectivity index (χ1v) is 3.05. The van der Waals surface area contributed by atoms with E-state index >= 15 is 0 Å².